The molecule has 5 nitrogen and oxygen atoms in total. The van der Waals surface area contributed by atoms with Crippen LogP contribution in [0.2, 0.25) is 0 Å². The Bertz CT molecular complexity index is 440. The van der Waals surface area contributed by atoms with Crippen LogP contribution in [0.15, 0.2) is 24.3 Å². The van der Waals surface area contributed by atoms with Crippen LogP contribution in [-0.4, -0.2) is 19.1 Å². The van der Waals surface area contributed by atoms with E-state index in [1.165, 1.54) is 0 Å². The zero-order valence-electron chi connectivity index (χ0n) is 10.3. The van der Waals surface area contributed by atoms with Crippen molar-refractivity contribution in [3.8, 4) is 11.8 Å². The summed E-state index contributed by atoms with van der Waals surface area (Å²) in [6.45, 7) is 2.40. The Balaban J connectivity index is 2.56. The number of hydrogen-bond donors (Lipinski definition) is 2. The van der Waals surface area contributed by atoms with Crippen molar-refractivity contribution in [3.05, 3.63) is 24.3 Å². The van der Waals surface area contributed by atoms with Gasteiger partial charge in [-0.3, -0.25) is 4.79 Å². The van der Waals surface area contributed by atoms with E-state index in [4.69, 9.17) is 15.7 Å². The van der Waals surface area contributed by atoms with Crippen LogP contribution >= 0.6 is 0 Å². The molecule has 0 spiro atoms. The first-order valence-corrected chi connectivity index (χ1v) is 5.75. The zero-order chi connectivity index (χ0) is 13.4. The number of ether oxygens (including phenoxy) is 1. The Labute approximate surface area is 107 Å². The topological polar surface area (TPSA) is 88.1 Å². The summed E-state index contributed by atoms with van der Waals surface area (Å²) < 4.78 is 5.15. The summed E-state index contributed by atoms with van der Waals surface area (Å²) >= 11 is 0. The van der Waals surface area contributed by atoms with Gasteiger partial charge >= 0.3 is 0 Å². The summed E-state index contributed by atoms with van der Waals surface area (Å²) in [6.07, 6.45) is 0.389. The highest BCUT2D eigenvalue weighted by Crippen LogP contribution is 2.17. The SMILES string of the molecule is CC(CN)CC(=O)Nc1cccc(OCC#N)c1. The molecule has 0 heterocycles. The summed E-state index contributed by atoms with van der Waals surface area (Å²) in [5.41, 5.74) is 6.11. The van der Waals surface area contributed by atoms with E-state index in [1.54, 1.807) is 24.3 Å². The van der Waals surface area contributed by atoms with Crippen molar-refractivity contribution >= 4 is 11.6 Å². The molecule has 0 aliphatic rings. The van der Waals surface area contributed by atoms with Gasteiger partial charge < -0.3 is 15.8 Å². The standard InChI is InChI=1S/C13H17N3O2/c1-10(9-15)7-13(17)16-11-3-2-4-12(8-11)18-6-5-14/h2-4,8,10H,6-7,9,15H2,1H3,(H,16,17). The maximum Gasteiger partial charge on any atom is 0.224 e. The van der Waals surface area contributed by atoms with Gasteiger partial charge in [-0.05, 0) is 24.6 Å². The second-order valence-corrected chi connectivity index (χ2v) is 4.07. The smallest absolute Gasteiger partial charge is 0.224 e. The number of amides is 1. The molecule has 0 radical (unpaired) electrons. The quantitative estimate of drug-likeness (QED) is 0.797. The molecule has 18 heavy (non-hydrogen) atoms. The number of nitrogens with one attached hydrogen (secondary N) is 1. The summed E-state index contributed by atoms with van der Waals surface area (Å²) in [7, 11) is 0. The highest BCUT2D eigenvalue weighted by atomic mass is 16.5. The molecule has 0 fully saturated rings. The predicted molar refractivity (Wildman–Crippen MR) is 69.0 cm³/mol. The van der Waals surface area contributed by atoms with Crippen LogP contribution in [0.4, 0.5) is 5.69 Å². The van der Waals surface area contributed by atoms with Crippen molar-refractivity contribution in [2.24, 2.45) is 11.7 Å². The highest BCUT2D eigenvalue weighted by Gasteiger charge is 2.08. The van der Waals surface area contributed by atoms with Gasteiger partial charge in [0, 0.05) is 18.2 Å². The third-order valence-electron chi connectivity index (χ3n) is 2.36. The molecule has 1 aromatic rings. The van der Waals surface area contributed by atoms with Crippen molar-refractivity contribution in [1.82, 2.24) is 0 Å². The van der Waals surface area contributed by atoms with Gasteiger partial charge in [-0.15, -0.1) is 0 Å². The van der Waals surface area contributed by atoms with E-state index in [2.05, 4.69) is 5.32 Å². The summed E-state index contributed by atoms with van der Waals surface area (Å²) in [4.78, 5) is 11.6. The summed E-state index contributed by atoms with van der Waals surface area (Å²) in [5.74, 6) is 0.634. The Hall–Kier alpha value is -2.06. The van der Waals surface area contributed by atoms with Gasteiger partial charge in [-0.2, -0.15) is 5.26 Å². The molecule has 1 rings (SSSR count). The maximum atomic E-state index is 11.6. The number of nitrogens with two attached hydrogens (primary N) is 1. The van der Waals surface area contributed by atoms with Gasteiger partial charge in [0.2, 0.25) is 5.91 Å². The van der Waals surface area contributed by atoms with Crippen LogP contribution in [0, 0.1) is 17.2 Å². The number of anilines is 1. The highest BCUT2D eigenvalue weighted by molar-refractivity contribution is 5.91. The molecule has 0 saturated heterocycles. The van der Waals surface area contributed by atoms with Crippen molar-refractivity contribution in [1.29, 1.82) is 5.26 Å². The van der Waals surface area contributed by atoms with Gasteiger partial charge in [0.15, 0.2) is 6.61 Å². The van der Waals surface area contributed by atoms with Crippen molar-refractivity contribution in [2.75, 3.05) is 18.5 Å². The Morgan fingerprint density at radius 1 is 1.61 bits per heavy atom. The molecule has 0 aliphatic carbocycles. The second-order valence-electron chi connectivity index (χ2n) is 4.07. The van der Waals surface area contributed by atoms with Crippen molar-refractivity contribution < 1.29 is 9.53 Å². The minimum atomic E-state index is -0.0783. The van der Waals surface area contributed by atoms with Crippen LogP contribution in [0.3, 0.4) is 0 Å². The summed E-state index contributed by atoms with van der Waals surface area (Å²) in [5, 5.41) is 11.2. The monoisotopic (exact) mass is 247 g/mol. The average Bonchev–Trinajstić information content (AvgIpc) is 2.36. The molecule has 1 atom stereocenters. The lowest BCUT2D eigenvalue weighted by Crippen LogP contribution is -2.20. The van der Waals surface area contributed by atoms with E-state index in [1.807, 2.05) is 13.0 Å². The number of rotatable bonds is 6. The van der Waals surface area contributed by atoms with E-state index < -0.39 is 0 Å². The van der Waals surface area contributed by atoms with E-state index in [-0.39, 0.29) is 18.4 Å². The maximum absolute atomic E-state index is 11.6. The molecular weight excluding hydrogens is 230 g/mol. The van der Waals surface area contributed by atoms with E-state index in [9.17, 15) is 4.79 Å². The van der Waals surface area contributed by atoms with Gasteiger partial charge in [-0.25, -0.2) is 0 Å². The van der Waals surface area contributed by atoms with Gasteiger partial charge in [0.05, 0.1) is 0 Å². The zero-order valence-corrected chi connectivity index (χ0v) is 10.3. The molecule has 0 bridgehead atoms. The molecule has 3 N–H and O–H groups in total. The van der Waals surface area contributed by atoms with Crippen LogP contribution < -0.4 is 15.8 Å². The van der Waals surface area contributed by atoms with Crippen molar-refractivity contribution in [2.45, 2.75) is 13.3 Å². The first kappa shape index (κ1) is 14.0. The number of carbonyl (C=O) groups excluding carboxylic acids is 1. The lowest BCUT2D eigenvalue weighted by Gasteiger charge is -2.10. The van der Waals surface area contributed by atoms with E-state index in [0.29, 0.717) is 24.4 Å². The molecule has 96 valence electrons. The fraction of sp³-hybridized carbons (Fsp3) is 0.385. The van der Waals surface area contributed by atoms with Crippen LogP contribution in [0.1, 0.15) is 13.3 Å². The fourth-order valence-electron chi connectivity index (χ4n) is 1.39. The lowest BCUT2D eigenvalue weighted by molar-refractivity contribution is -0.116. The number of nitriles is 1. The van der Waals surface area contributed by atoms with Gasteiger partial charge in [-0.1, -0.05) is 13.0 Å². The first-order valence-electron chi connectivity index (χ1n) is 5.75. The van der Waals surface area contributed by atoms with Gasteiger partial charge in [0.25, 0.3) is 0 Å². The minimum absolute atomic E-state index is 0.0123. The molecule has 5 heteroatoms. The number of carbonyl (C=O) groups is 1. The Kier molecular flexibility index (Phi) is 5.68. The van der Waals surface area contributed by atoms with Crippen LogP contribution in [0.5, 0.6) is 5.75 Å². The van der Waals surface area contributed by atoms with Crippen molar-refractivity contribution in [3.63, 3.8) is 0 Å². The third-order valence-corrected chi connectivity index (χ3v) is 2.36. The Morgan fingerprint density at radius 2 is 2.39 bits per heavy atom. The third kappa shape index (κ3) is 4.85. The molecular formula is C13H17N3O2. The first-order chi connectivity index (χ1) is 8.65. The largest absolute Gasteiger partial charge is 0.479 e. The fourth-order valence-corrected chi connectivity index (χ4v) is 1.39. The average molecular weight is 247 g/mol. The molecule has 1 unspecified atom stereocenters. The minimum Gasteiger partial charge on any atom is -0.479 e. The molecule has 1 aromatic carbocycles. The molecule has 0 aliphatic heterocycles. The van der Waals surface area contributed by atoms with Gasteiger partial charge in [0.1, 0.15) is 11.8 Å². The van der Waals surface area contributed by atoms with Crippen LogP contribution in [-0.2, 0) is 4.79 Å². The predicted octanol–water partition coefficient (Wildman–Crippen LogP) is 1.51. The number of nitrogens with zero attached hydrogens (tertiary/aromatic N) is 1. The molecule has 0 saturated carbocycles. The van der Waals surface area contributed by atoms with E-state index in [0.717, 1.165) is 0 Å². The molecule has 1 amide bonds. The normalized spacial score (nSPS) is 11.4. The van der Waals surface area contributed by atoms with E-state index >= 15 is 0 Å². The lowest BCUT2D eigenvalue weighted by atomic mass is 10.1. The summed E-state index contributed by atoms with van der Waals surface area (Å²) in [6, 6.07) is 8.83. The number of benzene rings is 1. The Morgan fingerprint density at radius 3 is 3.06 bits per heavy atom. The number of hydrogen-bond acceptors (Lipinski definition) is 4. The van der Waals surface area contributed by atoms with Crippen LogP contribution in [0.25, 0.3) is 0 Å². The second kappa shape index (κ2) is 7.30. The molecule has 0 aromatic heterocycles.